The van der Waals surface area contributed by atoms with Crippen molar-refractivity contribution in [1.82, 2.24) is 19.7 Å². The van der Waals surface area contributed by atoms with Crippen LogP contribution in [0.3, 0.4) is 0 Å². The van der Waals surface area contributed by atoms with Gasteiger partial charge in [0.1, 0.15) is 6.61 Å². The third kappa shape index (κ3) is 3.58. The average Bonchev–Trinajstić information content (AvgIpc) is 3.12. The number of amides is 1. The number of thiazole rings is 1. The van der Waals surface area contributed by atoms with Crippen LogP contribution in [0.2, 0.25) is 0 Å². The summed E-state index contributed by atoms with van der Waals surface area (Å²) in [6.07, 6.45) is 4.39. The van der Waals surface area contributed by atoms with Gasteiger partial charge < -0.3 is 9.64 Å². The number of aryl methyl sites for hydroxylation is 3. The number of hydrogen-bond acceptors (Lipinski definition) is 6. The van der Waals surface area contributed by atoms with Gasteiger partial charge in [0.15, 0.2) is 0 Å². The van der Waals surface area contributed by atoms with E-state index in [1.807, 2.05) is 27.1 Å². The fraction of sp³-hybridized carbons (Fsp3) is 0.529. The van der Waals surface area contributed by atoms with Gasteiger partial charge >= 0.3 is 5.97 Å². The summed E-state index contributed by atoms with van der Waals surface area (Å²) in [7, 11) is 3.55. The lowest BCUT2D eigenvalue weighted by Gasteiger charge is -2.37. The van der Waals surface area contributed by atoms with Gasteiger partial charge in [-0.3, -0.25) is 14.3 Å². The highest BCUT2D eigenvalue weighted by Gasteiger charge is 2.40. The van der Waals surface area contributed by atoms with E-state index in [-0.39, 0.29) is 30.4 Å². The summed E-state index contributed by atoms with van der Waals surface area (Å²) < 4.78 is 7.24. The highest BCUT2D eigenvalue weighted by Crippen LogP contribution is 2.36. The van der Waals surface area contributed by atoms with E-state index in [1.165, 1.54) is 11.3 Å². The first-order valence-corrected chi connectivity index (χ1v) is 9.02. The molecule has 1 aliphatic rings. The van der Waals surface area contributed by atoms with Crippen molar-refractivity contribution in [3.8, 4) is 0 Å². The second kappa shape index (κ2) is 6.95. The van der Waals surface area contributed by atoms with Crippen LogP contribution in [0.5, 0.6) is 0 Å². The molecule has 3 heterocycles. The average molecular weight is 362 g/mol. The van der Waals surface area contributed by atoms with Crippen molar-refractivity contribution in [2.24, 2.45) is 13.0 Å². The van der Waals surface area contributed by atoms with Gasteiger partial charge in [-0.2, -0.15) is 5.10 Å². The SMILES string of the molecule is Cc1nc(C)c(COC(=O)C2CCC(=O)N(C)C2c2cnn(C)c2)s1. The number of rotatable bonds is 4. The number of likely N-dealkylation sites (tertiary alicyclic amines) is 1. The Morgan fingerprint density at radius 3 is 2.76 bits per heavy atom. The lowest BCUT2D eigenvalue weighted by Crippen LogP contribution is -2.43. The predicted molar refractivity (Wildman–Crippen MR) is 92.8 cm³/mol. The summed E-state index contributed by atoms with van der Waals surface area (Å²) in [5.74, 6) is -0.633. The molecule has 0 aromatic carbocycles. The normalized spacial score (nSPS) is 20.8. The minimum atomic E-state index is -0.388. The molecule has 1 amide bonds. The second-order valence-electron chi connectivity index (χ2n) is 6.39. The van der Waals surface area contributed by atoms with Crippen molar-refractivity contribution in [1.29, 1.82) is 0 Å². The van der Waals surface area contributed by atoms with E-state index in [4.69, 9.17) is 4.74 Å². The number of aromatic nitrogens is 3. The van der Waals surface area contributed by atoms with Crippen molar-refractivity contribution in [2.75, 3.05) is 7.05 Å². The summed E-state index contributed by atoms with van der Waals surface area (Å²) in [5.41, 5.74) is 1.75. The first-order valence-electron chi connectivity index (χ1n) is 8.20. The Kier molecular flexibility index (Phi) is 4.89. The zero-order valence-corrected chi connectivity index (χ0v) is 15.7. The molecule has 7 nitrogen and oxygen atoms in total. The van der Waals surface area contributed by atoms with Gasteiger partial charge in [-0.15, -0.1) is 11.3 Å². The third-order valence-electron chi connectivity index (χ3n) is 4.58. The van der Waals surface area contributed by atoms with Crippen LogP contribution in [0.4, 0.5) is 0 Å². The molecule has 3 rings (SSSR count). The number of piperidine rings is 1. The van der Waals surface area contributed by atoms with Crippen LogP contribution in [0.1, 0.15) is 40.0 Å². The van der Waals surface area contributed by atoms with Gasteiger partial charge in [0, 0.05) is 32.3 Å². The molecular weight excluding hydrogens is 340 g/mol. The van der Waals surface area contributed by atoms with Crippen molar-refractivity contribution >= 4 is 23.2 Å². The maximum atomic E-state index is 12.7. The fourth-order valence-corrected chi connectivity index (χ4v) is 4.14. The van der Waals surface area contributed by atoms with Gasteiger partial charge in [0.2, 0.25) is 5.91 Å². The number of ether oxygens (including phenoxy) is 1. The molecular formula is C17H22N4O3S. The number of carbonyl (C=O) groups is 2. The van der Waals surface area contributed by atoms with E-state index in [0.29, 0.717) is 12.8 Å². The third-order valence-corrected chi connectivity index (χ3v) is 5.62. The van der Waals surface area contributed by atoms with Gasteiger partial charge in [0.05, 0.1) is 33.7 Å². The van der Waals surface area contributed by atoms with Gasteiger partial charge in [-0.1, -0.05) is 0 Å². The molecule has 25 heavy (non-hydrogen) atoms. The highest BCUT2D eigenvalue weighted by molar-refractivity contribution is 7.11. The molecule has 8 heteroatoms. The second-order valence-corrected chi connectivity index (χ2v) is 7.68. The molecule has 134 valence electrons. The van der Waals surface area contributed by atoms with Crippen molar-refractivity contribution in [2.45, 2.75) is 39.3 Å². The molecule has 2 aromatic heterocycles. The van der Waals surface area contributed by atoms with Gasteiger partial charge in [-0.05, 0) is 20.3 Å². The van der Waals surface area contributed by atoms with Crippen molar-refractivity contribution in [3.05, 3.63) is 33.5 Å². The van der Waals surface area contributed by atoms with Crippen LogP contribution < -0.4 is 0 Å². The molecule has 0 spiro atoms. The molecule has 2 unspecified atom stereocenters. The number of esters is 1. The smallest absolute Gasteiger partial charge is 0.311 e. The Labute approximate surface area is 150 Å². The number of hydrogen-bond donors (Lipinski definition) is 0. The molecule has 1 fully saturated rings. The van der Waals surface area contributed by atoms with E-state index < -0.39 is 0 Å². The number of nitrogens with zero attached hydrogens (tertiary/aromatic N) is 4. The molecule has 0 N–H and O–H groups in total. The maximum absolute atomic E-state index is 12.7. The lowest BCUT2D eigenvalue weighted by atomic mass is 9.86. The van der Waals surface area contributed by atoms with Crippen LogP contribution in [0.15, 0.2) is 12.4 Å². The van der Waals surface area contributed by atoms with Gasteiger partial charge in [-0.25, -0.2) is 4.98 Å². The zero-order chi connectivity index (χ0) is 18.1. The van der Waals surface area contributed by atoms with E-state index in [2.05, 4.69) is 10.1 Å². The Balaban J connectivity index is 1.76. The Morgan fingerprint density at radius 1 is 1.40 bits per heavy atom. The molecule has 0 radical (unpaired) electrons. The Morgan fingerprint density at radius 2 is 2.16 bits per heavy atom. The minimum absolute atomic E-state index is 0.0341. The van der Waals surface area contributed by atoms with Crippen LogP contribution in [0, 0.1) is 19.8 Å². The van der Waals surface area contributed by atoms with E-state index in [1.54, 1.807) is 22.8 Å². The van der Waals surface area contributed by atoms with Crippen LogP contribution in [0.25, 0.3) is 0 Å². The summed E-state index contributed by atoms with van der Waals surface area (Å²) in [6.45, 7) is 4.07. The Bertz CT molecular complexity index is 798. The molecule has 2 atom stereocenters. The molecule has 1 saturated heterocycles. The summed E-state index contributed by atoms with van der Waals surface area (Å²) in [4.78, 5) is 31.8. The molecule has 0 aliphatic carbocycles. The topological polar surface area (TPSA) is 77.3 Å². The summed E-state index contributed by atoms with van der Waals surface area (Å²) in [5, 5.41) is 5.13. The minimum Gasteiger partial charge on any atom is -0.460 e. The molecule has 2 aromatic rings. The van der Waals surface area contributed by atoms with Gasteiger partial charge in [0.25, 0.3) is 0 Å². The molecule has 0 bridgehead atoms. The van der Waals surface area contributed by atoms with Crippen molar-refractivity contribution < 1.29 is 14.3 Å². The molecule has 0 saturated carbocycles. The van der Waals surface area contributed by atoms with Crippen molar-refractivity contribution in [3.63, 3.8) is 0 Å². The van der Waals surface area contributed by atoms with E-state index >= 15 is 0 Å². The standard InChI is InChI=1S/C17H22N4O3S/c1-10-14(25-11(2)19-10)9-24-17(23)13-5-6-15(22)21(4)16(13)12-7-18-20(3)8-12/h7-8,13,16H,5-6,9H2,1-4H3. The van der Waals surface area contributed by atoms with Crippen LogP contribution in [-0.2, 0) is 28.0 Å². The van der Waals surface area contributed by atoms with Crippen LogP contribution >= 0.6 is 11.3 Å². The Hall–Kier alpha value is -2.22. The number of carbonyl (C=O) groups excluding carboxylic acids is 2. The predicted octanol–water partition coefficient (Wildman–Crippen LogP) is 2.15. The first kappa shape index (κ1) is 17.6. The monoisotopic (exact) mass is 362 g/mol. The van der Waals surface area contributed by atoms with Crippen LogP contribution in [-0.4, -0.2) is 38.6 Å². The summed E-state index contributed by atoms with van der Waals surface area (Å²) in [6, 6.07) is -0.341. The fourth-order valence-electron chi connectivity index (χ4n) is 3.28. The zero-order valence-electron chi connectivity index (χ0n) is 14.9. The largest absolute Gasteiger partial charge is 0.460 e. The maximum Gasteiger partial charge on any atom is 0.311 e. The quantitative estimate of drug-likeness (QED) is 0.779. The van der Waals surface area contributed by atoms with E-state index in [9.17, 15) is 9.59 Å². The summed E-state index contributed by atoms with van der Waals surface area (Å²) >= 11 is 1.54. The van der Waals surface area contributed by atoms with E-state index in [0.717, 1.165) is 21.1 Å². The first-order chi connectivity index (χ1) is 11.9. The molecule has 1 aliphatic heterocycles. The lowest BCUT2D eigenvalue weighted by molar-refractivity contribution is -0.157. The highest BCUT2D eigenvalue weighted by atomic mass is 32.1.